The van der Waals surface area contributed by atoms with E-state index in [4.69, 9.17) is 10.00 Å². The summed E-state index contributed by atoms with van der Waals surface area (Å²) in [5, 5.41) is 8.44. The molecule has 0 N–H and O–H groups in total. The first-order valence-corrected chi connectivity index (χ1v) is 2.62. The second-order valence-electron chi connectivity index (χ2n) is 1.56. The van der Waals surface area contributed by atoms with Crippen molar-refractivity contribution in [3.8, 4) is 11.9 Å². The van der Waals surface area contributed by atoms with Gasteiger partial charge in [-0.3, -0.25) is 0 Å². The third-order valence-electron chi connectivity index (χ3n) is 0.989. The maximum atomic E-state index is 8.44. The van der Waals surface area contributed by atoms with E-state index in [1.54, 1.807) is 0 Å². The summed E-state index contributed by atoms with van der Waals surface area (Å²) in [5.74, 6) is 0.317. The number of aromatic nitrogens is 2. The molecule has 0 aliphatic carbocycles. The zero-order valence-electron chi connectivity index (χ0n) is 5.40. The smallest absolute Gasteiger partial charge is 0.234 e. The van der Waals surface area contributed by atoms with E-state index in [-0.39, 0.29) is 0 Å². The van der Waals surface area contributed by atoms with Crippen molar-refractivity contribution >= 4 is 0 Å². The van der Waals surface area contributed by atoms with E-state index >= 15 is 0 Å². The van der Waals surface area contributed by atoms with E-state index in [2.05, 4.69) is 9.97 Å². The van der Waals surface area contributed by atoms with Gasteiger partial charge in [0.15, 0.2) is 0 Å². The summed E-state index contributed by atoms with van der Waals surface area (Å²) in [6.07, 6.45) is 2.74. The molecular weight excluding hydrogens is 130 g/mol. The van der Waals surface area contributed by atoms with Crippen molar-refractivity contribution < 1.29 is 4.74 Å². The van der Waals surface area contributed by atoms with E-state index < -0.39 is 0 Å². The van der Waals surface area contributed by atoms with E-state index in [1.807, 2.05) is 6.07 Å². The molecule has 4 nitrogen and oxygen atoms in total. The molecule has 1 aromatic heterocycles. The predicted molar refractivity (Wildman–Crippen MR) is 33.3 cm³/mol. The highest BCUT2D eigenvalue weighted by Gasteiger charge is 1.99. The topological polar surface area (TPSA) is 58.8 Å². The largest absolute Gasteiger partial charge is 0.480 e. The fourth-order valence-electron chi connectivity index (χ4n) is 0.558. The standard InChI is InChI=1S/C6H5N3O/c1-10-6-5(2-7)3-8-4-9-6/h3-4H,1H3. The van der Waals surface area contributed by atoms with E-state index in [1.165, 1.54) is 19.6 Å². The van der Waals surface area contributed by atoms with Crippen LogP contribution in [0.3, 0.4) is 0 Å². The summed E-state index contributed by atoms with van der Waals surface area (Å²) >= 11 is 0. The SMILES string of the molecule is COc1ncncc1C#N. The van der Waals surface area contributed by atoms with Gasteiger partial charge in [0.2, 0.25) is 5.88 Å². The molecule has 1 rings (SSSR count). The number of hydrogen-bond donors (Lipinski definition) is 0. The molecule has 0 amide bonds. The Bertz CT molecular complexity index is 266. The van der Waals surface area contributed by atoms with Crippen LogP contribution < -0.4 is 4.74 Å². The van der Waals surface area contributed by atoms with Crippen molar-refractivity contribution in [2.75, 3.05) is 7.11 Å². The lowest BCUT2D eigenvalue weighted by Gasteiger charge is -1.96. The molecule has 0 atom stereocenters. The molecule has 0 bridgehead atoms. The zero-order valence-corrected chi connectivity index (χ0v) is 5.40. The van der Waals surface area contributed by atoms with Crippen molar-refractivity contribution in [2.24, 2.45) is 0 Å². The second-order valence-corrected chi connectivity index (χ2v) is 1.56. The molecule has 50 valence electrons. The Morgan fingerprint density at radius 1 is 1.70 bits per heavy atom. The molecule has 0 spiro atoms. The number of rotatable bonds is 1. The van der Waals surface area contributed by atoms with Crippen LogP contribution in [0.1, 0.15) is 5.56 Å². The van der Waals surface area contributed by atoms with Gasteiger partial charge in [-0.15, -0.1) is 0 Å². The highest BCUT2D eigenvalue weighted by atomic mass is 16.5. The lowest BCUT2D eigenvalue weighted by atomic mass is 10.4. The van der Waals surface area contributed by atoms with Gasteiger partial charge in [-0.25, -0.2) is 9.97 Å². The molecule has 1 aromatic rings. The van der Waals surface area contributed by atoms with Gasteiger partial charge in [0.1, 0.15) is 18.0 Å². The molecule has 0 aliphatic rings. The van der Waals surface area contributed by atoms with E-state index in [9.17, 15) is 0 Å². The average molecular weight is 135 g/mol. The quantitative estimate of drug-likeness (QED) is 0.557. The number of methoxy groups -OCH3 is 1. The minimum absolute atomic E-state index is 0.317. The van der Waals surface area contributed by atoms with Crippen LogP contribution in [0.25, 0.3) is 0 Å². The third-order valence-corrected chi connectivity index (χ3v) is 0.989. The highest BCUT2D eigenvalue weighted by Crippen LogP contribution is 2.08. The Morgan fingerprint density at radius 2 is 2.50 bits per heavy atom. The van der Waals surface area contributed by atoms with Crippen molar-refractivity contribution in [3.05, 3.63) is 18.1 Å². The van der Waals surface area contributed by atoms with E-state index in [0.717, 1.165) is 0 Å². The predicted octanol–water partition coefficient (Wildman–Crippen LogP) is 0.357. The molecule has 0 aliphatic heterocycles. The Labute approximate surface area is 58.1 Å². The summed E-state index contributed by atoms with van der Waals surface area (Å²) in [5.41, 5.74) is 0.352. The van der Waals surface area contributed by atoms with Gasteiger partial charge in [-0.2, -0.15) is 5.26 Å². The minimum Gasteiger partial charge on any atom is -0.480 e. The summed E-state index contributed by atoms with van der Waals surface area (Å²) in [6.45, 7) is 0. The fourth-order valence-corrected chi connectivity index (χ4v) is 0.558. The van der Waals surface area contributed by atoms with Crippen LogP contribution in [-0.4, -0.2) is 17.1 Å². The van der Waals surface area contributed by atoms with Crippen molar-refractivity contribution in [2.45, 2.75) is 0 Å². The fraction of sp³-hybridized carbons (Fsp3) is 0.167. The van der Waals surface area contributed by atoms with Crippen LogP contribution in [0.5, 0.6) is 5.88 Å². The maximum absolute atomic E-state index is 8.44. The number of nitriles is 1. The van der Waals surface area contributed by atoms with Crippen LogP contribution in [0.4, 0.5) is 0 Å². The number of ether oxygens (including phenoxy) is 1. The van der Waals surface area contributed by atoms with Crippen LogP contribution in [-0.2, 0) is 0 Å². The molecule has 1 heterocycles. The summed E-state index contributed by atoms with van der Waals surface area (Å²) in [4.78, 5) is 7.36. The minimum atomic E-state index is 0.317. The van der Waals surface area contributed by atoms with Crippen LogP contribution in [0.15, 0.2) is 12.5 Å². The normalized spacial score (nSPS) is 8.40. The first-order chi connectivity index (χ1) is 4.88. The highest BCUT2D eigenvalue weighted by molar-refractivity contribution is 5.34. The lowest BCUT2D eigenvalue weighted by Crippen LogP contribution is -1.91. The molecule has 0 aromatic carbocycles. The molecule has 0 saturated heterocycles. The first kappa shape index (κ1) is 6.49. The third kappa shape index (κ3) is 1.03. The molecule has 4 heteroatoms. The van der Waals surface area contributed by atoms with Crippen LogP contribution in [0, 0.1) is 11.3 Å². The molecule has 0 unspecified atom stereocenters. The van der Waals surface area contributed by atoms with Crippen LogP contribution in [0.2, 0.25) is 0 Å². The monoisotopic (exact) mass is 135 g/mol. The number of hydrogen-bond acceptors (Lipinski definition) is 4. The lowest BCUT2D eigenvalue weighted by molar-refractivity contribution is 0.395. The van der Waals surface area contributed by atoms with Gasteiger partial charge in [-0.05, 0) is 0 Å². The van der Waals surface area contributed by atoms with Crippen molar-refractivity contribution in [1.29, 1.82) is 5.26 Å². The van der Waals surface area contributed by atoms with Gasteiger partial charge in [0.05, 0.1) is 13.3 Å². The Balaban J connectivity index is 3.12. The molecule has 10 heavy (non-hydrogen) atoms. The van der Waals surface area contributed by atoms with Gasteiger partial charge < -0.3 is 4.74 Å². The molecular formula is C6H5N3O. The average Bonchev–Trinajstić information content (AvgIpc) is 2.04. The molecule has 0 fully saturated rings. The second kappa shape index (κ2) is 2.78. The number of nitrogens with zero attached hydrogens (tertiary/aromatic N) is 3. The summed E-state index contributed by atoms with van der Waals surface area (Å²) in [7, 11) is 1.46. The van der Waals surface area contributed by atoms with Gasteiger partial charge in [0.25, 0.3) is 0 Å². The van der Waals surface area contributed by atoms with Crippen LogP contribution >= 0.6 is 0 Å². The molecule has 0 saturated carbocycles. The maximum Gasteiger partial charge on any atom is 0.234 e. The van der Waals surface area contributed by atoms with Gasteiger partial charge in [0, 0.05) is 0 Å². The van der Waals surface area contributed by atoms with Gasteiger partial charge in [-0.1, -0.05) is 0 Å². The summed E-state index contributed by atoms with van der Waals surface area (Å²) in [6, 6.07) is 1.90. The Morgan fingerprint density at radius 3 is 3.00 bits per heavy atom. The van der Waals surface area contributed by atoms with Crippen molar-refractivity contribution in [1.82, 2.24) is 9.97 Å². The first-order valence-electron chi connectivity index (χ1n) is 2.62. The zero-order chi connectivity index (χ0) is 7.40. The Hall–Kier alpha value is -1.63. The van der Waals surface area contributed by atoms with Gasteiger partial charge >= 0.3 is 0 Å². The molecule has 0 radical (unpaired) electrons. The summed E-state index contributed by atoms with van der Waals surface area (Å²) < 4.78 is 4.76. The Kier molecular flexibility index (Phi) is 1.80. The van der Waals surface area contributed by atoms with E-state index in [0.29, 0.717) is 11.4 Å². The van der Waals surface area contributed by atoms with Crippen molar-refractivity contribution in [3.63, 3.8) is 0 Å².